The molecule has 0 bridgehead atoms. The van der Waals surface area contributed by atoms with E-state index in [9.17, 15) is 28.8 Å². The number of epoxide rings is 1. The van der Waals surface area contributed by atoms with Gasteiger partial charge < -0.3 is 30.7 Å². The van der Waals surface area contributed by atoms with Gasteiger partial charge >= 0.3 is 12.1 Å². The summed E-state index contributed by atoms with van der Waals surface area (Å²) in [5.74, 6) is -2.91. The van der Waals surface area contributed by atoms with Crippen molar-refractivity contribution >= 4 is 35.8 Å². The van der Waals surface area contributed by atoms with Gasteiger partial charge in [0.25, 0.3) is 17.7 Å². The molecule has 42 heavy (non-hydrogen) atoms. The van der Waals surface area contributed by atoms with E-state index in [0.717, 1.165) is 38.3 Å². The van der Waals surface area contributed by atoms with E-state index in [1.54, 1.807) is 29.2 Å². The van der Waals surface area contributed by atoms with E-state index in [0.29, 0.717) is 23.1 Å². The lowest BCUT2D eigenvalue weighted by atomic mass is 10.2. The second-order valence-corrected chi connectivity index (χ2v) is 10.0. The normalized spacial score (nSPS) is 16.8. The highest BCUT2D eigenvalue weighted by Crippen LogP contribution is 2.27. The second kappa shape index (κ2) is 16.3. The van der Waals surface area contributed by atoms with Crippen molar-refractivity contribution in [1.82, 2.24) is 25.6 Å². The molecule has 0 unspecified atom stereocenters. The molecule has 1 aliphatic rings. The highest BCUT2D eigenvalue weighted by molar-refractivity contribution is 6.03. The van der Waals surface area contributed by atoms with Gasteiger partial charge in [0, 0.05) is 20.1 Å². The number of imide groups is 1. The lowest BCUT2D eigenvalue weighted by Crippen LogP contribution is -2.59. The van der Waals surface area contributed by atoms with Gasteiger partial charge in [-0.1, -0.05) is 57.0 Å². The number of carbonyl (C=O) groups is 6. The Hall–Kier alpha value is -4.20. The lowest BCUT2D eigenvalue weighted by Gasteiger charge is -2.30. The van der Waals surface area contributed by atoms with Crippen LogP contribution in [-0.2, 0) is 35.3 Å². The minimum atomic E-state index is -1.28. The van der Waals surface area contributed by atoms with Crippen LogP contribution in [0, 0.1) is 0 Å². The molecule has 1 aromatic rings. The minimum absolute atomic E-state index is 0.00432. The fourth-order valence-electron chi connectivity index (χ4n) is 4.01. The first-order valence-electron chi connectivity index (χ1n) is 14.1. The Balaban J connectivity index is 1.94. The summed E-state index contributed by atoms with van der Waals surface area (Å²) in [4.78, 5) is 77.5. The molecule has 1 fully saturated rings. The van der Waals surface area contributed by atoms with Gasteiger partial charge in [0.15, 0.2) is 12.2 Å². The predicted molar refractivity (Wildman–Crippen MR) is 151 cm³/mol. The smallest absolute Gasteiger partial charge is 0.408 e. The molecule has 0 radical (unpaired) electrons. The third-order valence-electron chi connectivity index (χ3n) is 6.56. The van der Waals surface area contributed by atoms with E-state index in [2.05, 4.69) is 10.6 Å². The minimum Gasteiger partial charge on any atom is -0.445 e. The molecule has 0 spiro atoms. The number of ether oxygens (including phenoxy) is 2. The van der Waals surface area contributed by atoms with Crippen molar-refractivity contribution in [3.63, 3.8) is 0 Å². The molecule has 2 rings (SSSR count). The van der Waals surface area contributed by atoms with Gasteiger partial charge in [0.05, 0.1) is 0 Å². The molecular formula is C28H42N6O8. The van der Waals surface area contributed by atoms with Crippen LogP contribution < -0.4 is 16.4 Å². The largest absolute Gasteiger partial charge is 0.445 e. The summed E-state index contributed by atoms with van der Waals surface area (Å²) < 4.78 is 10.4. The maximum absolute atomic E-state index is 13.1. The van der Waals surface area contributed by atoms with Crippen LogP contribution in [0.2, 0.25) is 0 Å². The van der Waals surface area contributed by atoms with Gasteiger partial charge in [-0.25, -0.2) is 14.6 Å². The van der Waals surface area contributed by atoms with E-state index >= 15 is 0 Å². The Bertz CT molecular complexity index is 1110. The Labute approximate surface area is 245 Å². The number of rotatable bonds is 14. The van der Waals surface area contributed by atoms with Crippen LogP contribution in [0.1, 0.15) is 58.9 Å². The Morgan fingerprint density at radius 1 is 0.905 bits per heavy atom. The number of hydrazine groups is 1. The number of nitrogens with two attached hydrogens (primary N) is 1. The predicted octanol–water partition coefficient (Wildman–Crippen LogP) is 1.28. The van der Waals surface area contributed by atoms with Gasteiger partial charge in [-0.15, -0.1) is 0 Å². The van der Waals surface area contributed by atoms with Crippen molar-refractivity contribution < 1.29 is 38.2 Å². The summed E-state index contributed by atoms with van der Waals surface area (Å²) >= 11 is 0. The molecule has 0 aromatic heterocycles. The molecule has 1 heterocycles. The van der Waals surface area contributed by atoms with Crippen molar-refractivity contribution in [1.29, 1.82) is 0 Å². The number of nitrogens with one attached hydrogen (secondary N) is 2. The molecule has 1 saturated heterocycles. The van der Waals surface area contributed by atoms with Crippen molar-refractivity contribution in [2.45, 2.75) is 84.3 Å². The Morgan fingerprint density at radius 3 is 2.02 bits per heavy atom. The number of hydrogen-bond donors (Lipinski definition) is 3. The van der Waals surface area contributed by atoms with Crippen molar-refractivity contribution in [2.24, 2.45) is 5.73 Å². The zero-order chi connectivity index (χ0) is 31.4. The zero-order valence-corrected chi connectivity index (χ0v) is 24.8. The van der Waals surface area contributed by atoms with Crippen molar-refractivity contribution in [3.05, 3.63) is 35.9 Å². The fourth-order valence-corrected chi connectivity index (χ4v) is 4.01. The average Bonchev–Trinajstić information content (AvgIpc) is 3.77. The van der Waals surface area contributed by atoms with Crippen LogP contribution in [0.3, 0.4) is 0 Å². The molecular weight excluding hydrogens is 548 g/mol. The molecule has 4 atom stereocenters. The van der Waals surface area contributed by atoms with Crippen LogP contribution in [0.25, 0.3) is 0 Å². The first-order chi connectivity index (χ1) is 19.9. The standard InChI is InChI=1S/C28H42N6O8/c1-6-8-15-33(16-9-7-2)25(37)21-22(42-21)26(38)34(27(29)39)32(5)24(36)19(4)30-23(35)18(3)31-28(40)41-17-20-13-11-10-12-14-20/h10-14,18-19,21-22H,6-9,15-17H2,1-5H3,(H2,29,39)(H,30,35)(H,31,40)/t18-,19-,21-,22-/m0/s1. The van der Waals surface area contributed by atoms with Gasteiger partial charge in [-0.3, -0.25) is 19.2 Å². The summed E-state index contributed by atoms with van der Waals surface area (Å²) in [6.07, 6.45) is 0.155. The number of amides is 7. The number of urea groups is 1. The summed E-state index contributed by atoms with van der Waals surface area (Å²) in [5, 5.41) is 5.83. The third-order valence-corrected chi connectivity index (χ3v) is 6.56. The number of hydrogen-bond acceptors (Lipinski definition) is 8. The van der Waals surface area contributed by atoms with E-state index in [4.69, 9.17) is 15.2 Å². The number of primary amides is 1. The Morgan fingerprint density at radius 2 is 1.48 bits per heavy atom. The van der Waals surface area contributed by atoms with Crippen LogP contribution in [-0.4, -0.2) is 95.1 Å². The second-order valence-electron chi connectivity index (χ2n) is 10.0. The van der Waals surface area contributed by atoms with Crippen molar-refractivity contribution in [2.75, 3.05) is 20.1 Å². The fraction of sp³-hybridized carbons (Fsp3) is 0.571. The van der Waals surface area contributed by atoms with E-state index in [-0.39, 0.29) is 12.5 Å². The van der Waals surface area contributed by atoms with Crippen molar-refractivity contribution in [3.8, 4) is 0 Å². The number of unbranched alkanes of at least 4 members (excludes halogenated alkanes) is 2. The van der Waals surface area contributed by atoms with Gasteiger partial charge in [0.1, 0.15) is 18.7 Å². The van der Waals surface area contributed by atoms with E-state index < -0.39 is 54.1 Å². The summed E-state index contributed by atoms with van der Waals surface area (Å²) in [7, 11) is 1.13. The van der Waals surface area contributed by atoms with E-state index in [1.807, 2.05) is 19.9 Å². The number of nitrogens with zero attached hydrogens (tertiary/aromatic N) is 3. The number of alkyl carbamates (subject to hydrolysis) is 1. The lowest BCUT2D eigenvalue weighted by molar-refractivity contribution is -0.156. The van der Waals surface area contributed by atoms with Crippen LogP contribution in [0.4, 0.5) is 9.59 Å². The maximum atomic E-state index is 13.1. The first-order valence-corrected chi connectivity index (χ1v) is 14.1. The van der Waals surface area contributed by atoms with Gasteiger partial charge in [-0.05, 0) is 32.3 Å². The van der Waals surface area contributed by atoms with Gasteiger partial charge in [0.2, 0.25) is 5.91 Å². The highest BCUT2D eigenvalue weighted by Gasteiger charge is 2.55. The Kier molecular flexibility index (Phi) is 13.2. The molecule has 232 valence electrons. The molecule has 0 saturated carbocycles. The molecule has 4 N–H and O–H groups in total. The molecule has 1 aromatic carbocycles. The van der Waals surface area contributed by atoms with Crippen LogP contribution in [0.5, 0.6) is 0 Å². The molecule has 0 aliphatic carbocycles. The molecule has 14 nitrogen and oxygen atoms in total. The van der Waals surface area contributed by atoms with Crippen LogP contribution >= 0.6 is 0 Å². The summed E-state index contributed by atoms with van der Waals surface area (Å²) in [5.41, 5.74) is 6.16. The molecule has 14 heteroatoms. The summed E-state index contributed by atoms with van der Waals surface area (Å²) in [6.45, 7) is 7.77. The number of likely N-dealkylation sites (N-methyl/N-ethyl adjacent to an activating group) is 1. The number of carbonyl (C=O) groups excluding carboxylic acids is 6. The van der Waals surface area contributed by atoms with Gasteiger partial charge in [-0.2, -0.15) is 5.01 Å². The SMILES string of the molecule is CCCCN(CCCC)C(=O)[C@H]1O[C@@H]1C(=O)N(C(N)=O)N(C)C(=O)[C@H](C)NC(=O)[C@H](C)NC(=O)OCc1ccccc1. The quantitative estimate of drug-likeness (QED) is 0.214. The third kappa shape index (κ3) is 9.72. The zero-order valence-electron chi connectivity index (χ0n) is 24.8. The van der Waals surface area contributed by atoms with E-state index in [1.165, 1.54) is 13.8 Å². The average molecular weight is 591 g/mol. The first kappa shape index (κ1) is 34.0. The molecule has 1 aliphatic heterocycles. The summed E-state index contributed by atoms with van der Waals surface area (Å²) in [6, 6.07) is 5.40. The topological polar surface area (TPSA) is 184 Å². The molecule has 7 amide bonds. The maximum Gasteiger partial charge on any atom is 0.408 e. The highest BCUT2D eigenvalue weighted by atomic mass is 16.6. The number of benzene rings is 1. The van der Waals surface area contributed by atoms with Crippen LogP contribution in [0.15, 0.2) is 30.3 Å². The monoisotopic (exact) mass is 590 g/mol.